The molecule has 1 amide bonds. The lowest BCUT2D eigenvalue weighted by Gasteiger charge is -2.18. The first-order valence-corrected chi connectivity index (χ1v) is 8.39. The summed E-state index contributed by atoms with van der Waals surface area (Å²) in [5, 5.41) is 31.8. The maximum absolute atomic E-state index is 11.6. The number of nitrogens with one attached hydrogen (secondary N) is 1. The Balaban J connectivity index is 1.75. The Morgan fingerprint density at radius 1 is 1.23 bits per heavy atom. The number of rotatable bonds is 7. The second kappa shape index (κ2) is 9.78. The third-order valence-electron chi connectivity index (χ3n) is 3.74. The van der Waals surface area contributed by atoms with E-state index in [9.17, 15) is 15.0 Å². The van der Waals surface area contributed by atoms with Gasteiger partial charge in [-0.05, 0) is 29.7 Å². The fourth-order valence-electron chi connectivity index (χ4n) is 2.28. The molecule has 0 spiro atoms. The number of halogens is 1. The van der Waals surface area contributed by atoms with Crippen LogP contribution in [0.3, 0.4) is 0 Å². The van der Waals surface area contributed by atoms with Crippen molar-refractivity contribution >= 4 is 17.7 Å². The molecule has 2 rings (SSSR count). The molecule has 0 aliphatic heterocycles. The summed E-state index contributed by atoms with van der Waals surface area (Å²) in [6.07, 6.45) is -2.76. The van der Waals surface area contributed by atoms with Crippen LogP contribution in [-0.2, 0) is 11.3 Å². The van der Waals surface area contributed by atoms with Crippen LogP contribution in [-0.4, -0.2) is 29.0 Å². The van der Waals surface area contributed by atoms with Crippen molar-refractivity contribution < 1.29 is 19.7 Å². The molecule has 0 heterocycles. The van der Waals surface area contributed by atoms with Crippen molar-refractivity contribution in [2.45, 2.75) is 25.2 Å². The van der Waals surface area contributed by atoms with E-state index in [4.69, 9.17) is 21.6 Å². The van der Waals surface area contributed by atoms with Crippen LogP contribution in [0.2, 0.25) is 5.02 Å². The van der Waals surface area contributed by atoms with Gasteiger partial charge in [0.15, 0.2) is 0 Å². The summed E-state index contributed by atoms with van der Waals surface area (Å²) in [6.45, 7) is 0.289. The number of aliphatic hydroxyl groups is 2. The van der Waals surface area contributed by atoms with Gasteiger partial charge in [0, 0.05) is 6.54 Å². The minimum absolute atomic E-state index is 0.124. The molecule has 0 radical (unpaired) electrons. The lowest BCUT2D eigenvalue weighted by atomic mass is 10.0. The molecule has 6 nitrogen and oxygen atoms in total. The molecule has 0 bridgehead atoms. The average Bonchev–Trinajstić information content (AvgIpc) is 2.66. The van der Waals surface area contributed by atoms with Gasteiger partial charge in [-0.2, -0.15) is 5.26 Å². The molecule has 2 unspecified atom stereocenters. The van der Waals surface area contributed by atoms with Crippen molar-refractivity contribution in [2.24, 2.45) is 0 Å². The second-order valence-corrected chi connectivity index (χ2v) is 6.05. The quantitative estimate of drug-likeness (QED) is 0.691. The lowest BCUT2D eigenvalue weighted by Crippen LogP contribution is -2.29. The molecule has 0 aromatic heterocycles. The highest BCUT2D eigenvalue weighted by atomic mass is 35.5. The molecular formula is C19H19ClN2O4. The fraction of sp³-hybridized carbons (Fsp3) is 0.263. The van der Waals surface area contributed by atoms with E-state index in [1.165, 1.54) is 18.2 Å². The van der Waals surface area contributed by atoms with Gasteiger partial charge in [-0.25, -0.2) is 4.79 Å². The summed E-state index contributed by atoms with van der Waals surface area (Å²) in [5.74, 6) is 0. The van der Waals surface area contributed by atoms with Crippen molar-refractivity contribution in [3.63, 3.8) is 0 Å². The number of nitrogens with zero attached hydrogens (tertiary/aromatic N) is 1. The minimum Gasteiger partial charge on any atom is -0.445 e. The number of carbonyl (C=O) groups is 1. The van der Waals surface area contributed by atoms with Crippen molar-refractivity contribution in [2.75, 3.05) is 6.54 Å². The number of benzene rings is 2. The smallest absolute Gasteiger partial charge is 0.407 e. The molecular weight excluding hydrogens is 356 g/mol. The molecule has 0 saturated carbocycles. The largest absolute Gasteiger partial charge is 0.445 e. The molecule has 0 saturated heterocycles. The van der Waals surface area contributed by atoms with Crippen molar-refractivity contribution in [3.05, 3.63) is 70.2 Å². The molecule has 2 aromatic rings. The number of nitriles is 1. The molecule has 7 heteroatoms. The third kappa shape index (κ3) is 5.74. The van der Waals surface area contributed by atoms with Gasteiger partial charge in [0.25, 0.3) is 0 Å². The average molecular weight is 375 g/mol. The van der Waals surface area contributed by atoms with Crippen LogP contribution in [0.5, 0.6) is 0 Å². The zero-order valence-electron chi connectivity index (χ0n) is 13.9. The maximum atomic E-state index is 11.6. The maximum Gasteiger partial charge on any atom is 0.407 e. The molecule has 3 N–H and O–H groups in total. The minimum atomic E-state index is -1.18. The lowest BCUT2D eigenvalue weighted by molar-refractivity contribution is 0.0136. The van der Waals surface area contributed by atoms with Crippen LogP contribution in [0, 0.1) is 11.3 Å². The molecule has 0 aliphatic rings. The number of amides is 1. The highest BCUT2D eigenvalue weighted by Gasteiger charge is 2.19. The van der Waals surface area contributed by atoms with E-state index in [0.717, 1.165) is 5.56 Å². The van der Waals surface area contributed by atoms with E-state index in [-0.39, 0.29) is 24.6 Å². The Kier molecular flexibility index (Phi) is 7.42. The van der Waals surface area contributed by atoms with E-state index in [1.807, 2.05) is 36.4 Å². The van der Waals surface area contributed by atoms with E-state index >= 15 is 0 Å². The molecule has 2 atom stereocenters. The van der Waals surface area contributed by atoms with Crippen LogP contribution >= 0.6 is 11.6 Å². The SMILES string of the molecule is N#Cc1ccc(C(O)C(O)CCNC(=O)OCc2ccccc2)cc1Cl. The van der Waals surface area contributed by atoms with Crippen molar-refractivity contribution in [1.29, 1.82) is 5.26 Å². The number of hydrogen-bond acceptors (Lipinski definition) is 5. The Hall–Kier alpha value is -2.59. The van der Waals surface area contributed by atoms with Gasteiger partial charge in [-0.1, -0.05) is 48.0 Å². The van der Waals surface area contributed by atoms with Crippen LogP contribution in [0.4, 0.5) is 4.79 Å². The zero-order valence-corrected chi connectivity index (χ0v) is 14.7. The van der Waals surface area contributed by atoms with Crippen LogP contribution < -0.4 is 5.32 Å². The first kappa shape index (κ1) is 19.7. The highest BCUT2D eigenvalue weighted by Crippen LogP contribution is 2.24. The van der Waals surface area contributed by atoms with Gasteiger partial charge in [0.2, 0.25) is 0 Å². The molecule has 2 aromatic carbocycles. The highest BCUT2D eigenvalue weighted by molar-refractivity contribution is 6.31. The molecule has 136 valence electrons. The number of carbonyl (C=O) groups excluding carboxylic acids is 1. The van der Waals surface area contributed by atoms with Crippen LogP contribution in [0.25, 0.3) is 0 Å². The summed E-state index contributed by atoms with van der Waals surface area (Å²) < 4.78 is 5.05. The zero-order chi connectivity index (χ0) is 18.9. The van der Waals surface area contributed by atoms with Crippen molar-refractivity contribution in [1.82, 2.24) is 5.32 Å². The van der Waals surface area contributed by atoms with Crippen LogP contribution in [0.1, 0.15) is 29.2 Å². The fourth-order valence-corrected chi connectivity index (χ4v) is 2.51. The van der Waals surface area contributed by atoms with Gasteiger partial charge in [-0.15, -0.1) is 0 Å². The first-order valence-electron chi connectivity index (χ1n) is 8.01. The Morgan fingerprint density at radius 2 is 1.96 bits per heavy atom. The first-order chi connectivity index (χ1) is 12.5. The Labute approximate surface area is 156 Å². The molecule has 0 fully saturated rings. The summed E-state index contributed by atoms with van der Waals surface area (Å²) >= 11 is 5.92. The number of ether oxygens (including phenoxy) is 1. The molecule has 0 aliphatic carbocycles. The van der Waals surface area contributed by atoms with E-state index in [0.29, 0.717) is 11.1 Å². The topological polar surface area (TPSA) is 103 Å². The number of aliphatic hydroxyl groups excluding tert-OH is 2. The van der Waals surface area contributed by atoms with Gasteiger partial charge in [0.05, 0.1) is 16.7 Å². The summed E-state index contributed by atoms with van der Waals surface area (Å²) in [6, 6.07) is 15.6. The third-order valence-corrected chi connectivity index (χ3v) is 4.05. The summed E-state index contributed by atoms with van der Waals surface area (Å²) in [7, 11) is 0. The van der Waals surface area contributed by atoms with E-state index in [1.54, 1.807) is 0 Å². The Bertz CT molecular complexity index is 777. The summed E-state index contributed by atoms with van der Waals surface area (Å²) in [5.41, 5.74) is 1.56. The number of hydrogen-bond donors (Lipinski definition) is 3. The standard InChI is InChI=1S/C19H19ClN2O4/c20-16-10-14(6-7-15(16)11-21)18(24)17(23)8-9-22-19(25)26-12-13-4-2-1-3-5-13/h1-7,10,17-18,23-24H,8-9,12H2,(H,22,25). The van der Waals surface area contributed by atoms with E-state index in [2.05, 4.69) is 5.32 Å². The predicted octanol–water partition coefficient (Wildman–Crippen LogP) is 2.92. The predicted molar refractivity (Wildman–Crippen MR) is 96.4 cm³/mol. The van der Waals surface area contributed by atoms with Crippen molar-refractivity contribution in [3.8, 4) is 6.07 Å². The van der Waals surface area contributed by atoms with Crippen LogP contribution in [0.15, 0.2) is 48.5 Å². The van der Waals surface area contributed by atoms with Gasteiger partial charge >= 0.3 is 6.09 Å². The van der Waals surface area contributed by atoms with Gasteiger partial charge in [-0.3, -0.25) is 0 Å². The molecule has 26 heavy (non-hydrogen) atoms. The van der Waals surface area contributed by atoms with Gasteiger partial charge < -0.3 is 20.3 Å². The van der Waals surface area contributed by atoms with Gasteiger partial charge in [0.1, 0.15) is 18.8 Å². The second-order valence-electron chi connectivity index (χ2n) is 5.64. The number of alkyl carbamates (subject to hydrolysis) is 1. The normalized spacial score (nSPS) is 12.7. The Morgan fingerprint density at radius 3 is 2.62 bits per heavy atom. The summed E-state index contributed by atoms with van der Waals surface area (Å²) in [4.78, 5) is 11.6. The monoisotopic (exact) mass is 374 g/mol. The van der Waals surface area contributed by atoms with E-state index < -0.39 is 18.3 Å².